The zero-order valence-electron chi connectivity index (χ0n) is 17.4. The van der Waals surface area contributed by atoms with Gasteiger partial charge in [-0.25, -0.2) is 27.5 Å². The van der Waals surface area contributed by atoms with Gasteiger partial charge in [-0.1, -0.05) is 6.07 Å². The van der Waals surface area contributed by atoms with Gasteiger partial charge < -0.3 is 9.30 Å². The van der Waals surface area contributed by atoms with Crippen LogP contribution in [-0.4, -0.2) is 31.4 Å². The van der Waals surface area contributed by atoms with Gasteiger partial charge in [-0.3, -0.25) is 9.36 Å². The molecule has 0 amide bonds. The van der Waals surface area contributed by atoms with Crippen LogP contribution >= 0.6 is 0 Å². The van der Waals surface area contributed by atoms with E-state index in [2.05, 4.69) is 4.98 Å². The first-order valence-electron chi connectivity index (χ1n) is 10.4. The predicted octanol–water partition coefficient (Wildman–Crippen LogP) is 2.99. The fourth-order valence-corrected chi connectivity index (χ4v) is 4.13. The van der Waals surface area contributed by atoms with Gasteiger partial charge in [0.05, 0.1) is 31.2 Å². The molecule has 4 aromatic rings. The van der Waals surface area contributed by atoms with Crippen molar-refractivity contribution in [1.29, 1.82) is 0 Å². The smallest absolute Gasteiger partial charge is 0.337 e. The van der Waals surface area contributed by atoms with Crippen molar-refractivity contribution in [2.24, 2.45) is 0 Å². The Labute approximate surface area is 185 Å². The second-order valence-electron chi connectivity index (χ2n) is 7.89. The molecule has 7 nitrogen and oxygen atoms in total. The number of fused-ring (bicyclic) bond motifs is 1. The molecule has 1 aliphatic heterocycles. The molecule has 33 heavy (non-hydrogen) atoms. The van der Waals surface area contributed by atoms with Gasteiger partial charge in [0.25, 0.3) is 5.56 Å². The van der Waals surface area contributed by atoms with Crippen LogP contribution in [-0.2, 0) is 17.8 Å². The number of hydrogen-bond acceptors (Lipinski definition) is 4. The van der Waals surface area contributed by atoms with Crippen LogP contribution in [0.3, 0.4) is 0 Å². The van der Waals surface area contributed by atoms with Crippen LogP contribution < -0.4 is 11.2 Å². The largest absolute Gasteiger partial charge is 0.376 e. The van der Waals surface area contributed by atoms with Gasteiger partial charge >= 0.3 is 5.69 Å². The van der Waals surface area contributed by atoms with E-state index >= 15 is 0 Å². The average molecular weight is 456 g/mol. The standard InChI is InChI=1S/C23H19F3N4O3/c24-14-6-8-15(9-7-14)30-21-20(22(31)29(23(30)32)11-16-3-2-10-33-16)28(13-27-21)12-17-18(25)4-1-5-19(17)26/h1,4-9,13,16H,2-3,10-12H2/t16-/m0/s1. The van der Waals surface area contributed by atoms with Crippen LogP contribution in [0.5, 0.6) is 0 Å². The lowest BCUT2D eigenvalue weighted by Crippen LogP contribution is -2.42. The Morgan fingerprint density at radius 2 is 1.76 bits per heavy atom. The van der Waals surface area contributed by atoms with Crippen molar-refractivity contribution in [2.45, 2.75) is 32.0 Å². The Morgan fingerprint density at radius 3 is 2.42 bits per heavy atom. The molecule has 3 heterocycles. The van der Waals surface area contributed by atoms with E-state index in [1.807, 2.05) is 0 Å². The van der Waals surface area contributed by atoms with Crippen molar-refractivity contribution in [3.63, 3.8) is 0 Å². The third-order valence-corrected chi connectivity index (χ3v) is 5.79. The van der Waals surface area contributed by atoms with Crippen molar-refractivity contribution in [3.05, 3.63) is 92.6 Å². The summed E-state index contributed by atoms with van der Waals surface area (Å²) >= 11 is 0. The monoisotopic (exact) mass is 456 g/mol. The molecule has 0 N–H and O–H groups in total. The Balaban J connectivity index is 1.74. The lowest BCUT2D eigenvalue weighted by molar-refractivity contribution is 0.0950. The highest BCUT2D eigenvalue weighted by Gasteiger charge is 2.24. The zero-order valence-corrected chi connectivity index (χ0v) is 17.4. The quantitative estimate of drug-likeness (QED) is 0.463. The minimum absolute atomic E-state index is 0.000394. The van der Waals surface area contributed by atoms with Crippen LogP contribution in [0.2, 0.25) is 0 Å². The van der Waals surface area contributed by atoms with E-state index in [9.17, 15) is 22.8 Å². The molecule has 0 aliphatic carbocycles. The van der Waals surface area contributed by atoms with E-state index in [1.165, 1.54) is 45.8 Å². The number of nitrogens with zero attached hydrogens (tertiary/aromatic N) is 4. The van der Waals surface area contributed by atoms with Crippen LogP contribution in [0, 0.1) is 17.5 Å². The third-order valence-electron chi connectivity index (χ3n) is 5.79. The van der Waals surface area contributed by atoms with E-state index in [1.54, 1.807) is 0 Å². The molecule has 1 saturated heterocycles. The first kappa shape index (κ1) is 21.2. The number of imidazole rings is 1. The highest BCUT2D eigenvalue weighted by molar-refractivity contribution is 5.72. The highest BCUT2D eigenvalue weighted by Crippen LogP contribution is 2.19. The van der Waals surface area contributed by atoms with Gasteiger partial charge in [0.1, 0.15) is 17.5 Å². The van der Waals surface area contributed by atoms with Gasteiger partial charge in [-0.2, -0.15) is 0 Å². The van der Waals surface area contributed by atoms with Crippen LogP contribution in [0.25, 0.3) is 16.9 Å². The summed E-state index contributed by atoms with van der Waals surface area (Å²) in [7, 11) is 0. The first-order valence-corrected chi connectivity index (χ1v) is 10.4. The van der Waals surface area contributed by atoms with Crippen molar-refractivity contribution >= 4 is 11.2 Å². The molecule has 170 valence electrons. The predicted molar refractivity (Wildman–Crippen MR) is 114 cm³/mol. The summed E-state index contributed by atoms with van der Waals surface area (Å²) in [6.07, 6.45) is 2.46. The van der Waals surface area contributed by atoms with E-state index in [-0.39, 0.29) is 35.9 Å². The normalized spacial score (nSPS) is 16.0. The van der Waals surface area contributed by atoms with Crippen molar-refractivity contribution in [2.75, 3.05) is 6.61 Å². The number of halogens is 3. The third kappa shape index (κ3) is 3.76. The Bertz CT molecular complexity index is 1430. The van der Waals surface area contributed by atoms with Gasteiger partial charge in [0, 0.05) is 12.2 Å². The summed E-state index contributed by atoms with van der Waals surface area (Å²) in [5.41, 5.74) is -1.22. The first-order chi connectivity index (χ1) is 15.9. The molecule has 0 saturated carbocycles. The van der Waals surface area contributed by atoms with E-state index in [4.69, 9.17) is 4.74 Å². The summed E-state index contributed by atoms with van der Waals surface area (Å²) in [4.78, 5) is 31.0. The van der Waals surface area contributed by atoms with Crippen LogP contribution in [0.1, 0.15) is 18.4 Å². The zero-order chi connectivity index (χ0) is 23.1. The second kappa shape index (κ2) is 8.36. The molecular weight excluding hydrogens is 437 g/mol. The molecule has 0 bridgehead atoms. The Hall–Kier alpha value is -3.66. The SMILES string of the molecule is O=c1c2c(ncn2Cc2c(F)cccc2F)n(-c2ccc(F)cc2)c(=O)n1C[C@@H]1CCCO1. The molecule has 10 heteroatoms. The van der Waals surface area contributed by atoms with Crippen molar-refractivity contribution in [3.8, 4) is 5.69 Å². The topological polar surface area (TPSA) is 71.0 Å². The van der Waals surface area contributed by atoms with E-state index < -0.39 is 28.7 Å². The minimum Gasteiger partial charge on any atom is -0.376 e. The number of rotatable bonds is 5. The summed E-state index contributed by atoms with van der Waals surface area (Å²) < 4.78 is 51.2. The molecule has 1 fully saturated rings. The van der Waals surface area contributed by atoms with Gasteiger partial charge in [-0.05, 0) is 49.2 Å². The summed E-state index contributed by atoms with van der Waals surface area (Å²) in [6.45, 7) is 0.262. The van der Waals surface area contributed by atoms with Crippen molar-refractivity contribution < 1.29 is 17.9 Å². The Morgan fingerprint density at radius 1 is 1.03 bits per heavy atom. The van der Waals surface area contributed by atoms with Crippen LogP contribution in [0.4, 0.5) is 13.2 Å². The molecule has 0 radical (unpaired) electrons. The number of benzene rings is 2. The lowest BCUT2D eigenvalue weighted by atomic mass is 10.2. The van der Waals surface area contributed by atoms with E-state index in [0.717, 1.165) is 23.1 Å². The lowest BCUT2D eigenvalue weighted by Gasteiger charge is -2.15. The molecule has 2 aromatic heterocycles. The van der Waals surface area contributed by atoms with Gasteiger partial charge in [0.15, 0.2) is 11.2 Å². The summed E-state index contributed by atoms with van der Waals surface area (Å²) in [5.74, 6) is -2.01. The molecule has 1 aliphatic rings. The molecule has 5 rings (SSSR count). The maximum absolute atomic E-state index is 14.3. The van der Waals surface area contributed by atoms with Crippen LogP contribution in [0.15, 0.2) is 58.4 Å². The summed E-state index contributed by atoms with van der Waals surface area (Å²) in [5, 5.41) is 0. The molecule has 0 unspecified atom stereocenters. The molecule has 1 atom stereocenters. The van der Waals surface area contributed by atoms with Gasteiger partial charge in [-0.15, -0.1) is 0 Å². The maximum Gasteiger partial charge on any atom is 0.337 e. The second-order valence-corrected chi connectivity index (χ2v) is 7.89. The minimum atomic E-state index is -0.761. The van der Waals surface area contributed by atoms with Gasteiger partial charge in [0.2, 0.25) is 0 Å². The fourth-order valence-electron chi connectivity index (χ4n) is 4.13. The maximum atomic E-state index is 14.3. The number of hydrogen-bond donors (Lipinski definition) is 0. The molecule has 0 spiro atoms. The Kier molecular flexibility index (Phi) is 5.37. The molecule has 2 aromatic carbocycles. The average Bonchev–Trinajstić information content (AvgIpc) is 3.45. The molecular formula is C23H19F3N4O3. The van der Waals surface area contributed by atoms with E-state index in [0.29, 0.717) is 18.7 Å². The highest BCUT2D eigenvalue weighted by atomic mass is 19.1. The van der Waals surface area contributed by atoms with Crippen molar-refractivity contribution in [1.82, 2.24) is 18.7 Å². The fraction of sp³-hybridized carbons (Fsp3) is 0.261. The number of ether oxygens (including phenoxy) is 1. The summed E-state index contributed by atoms with van der Waals surface area (Å²) in [6, 6.07) is 8.67. The number of aromatic nitrogens is 4.